The van der Waals surface area contributed by atoms with Crippen molar-refractivity contribution >= 4 is 39.7 Å². The number of nitrogens with zero attached hydrogens (tertiary/aromatic N) is 3. The van der Waals surface area contributed by atoms with Crippen LogP contribution in [-0.4, -0.2) is 80.6 Å². The molecule has 11 heteroatoms. The van der Waals surface area contributed by atoms with E-state index in [-0.39, 0.29) is 32.2 Å². The Morgan fingerprint density at radius 3 is 2.58 bits per heavy atom. The number of morpholine rings is 1. The van der Waals surface area contributed by atoms with Crippen LogP contribution in [0.25, 0.3) is 0 Å². The molecular weight excluding hydrogens is 496 g/mol. The van der Waals surface area contributed by atoms with Gasteiger partial charge in [0.15, 0.2) is 0 Å². The number of rotatable bonds is 8. The number of nitrogens with one attached hydrogen (secondary N) is 1. The lowest BCUT2D eigenvalue weighted by Gasteiger charge is -2.25. The van der Waals surface area contributed by atoms with Crippen LogP contribution in [0.15, 0.2) is 53.3 Å². The number of anilines is 1. The van der Waals surface area contributed by atoms with Gasteiger partial charge >= 0.3 is 12.2 Å². The Morgan fingerprint density at radius 2 is 1.85 bits per heavy atom. The third-order valence-electron chi connectivity index (χ3n) is 4.68. The second-order valence-corrected chi connectivity index (χ2v) is 7.88. The van der Waals surface area contributed by atoms with E-state index in [1.54, 1.807) is 29.3 Å². The van der Waals surface area contributed by atoms with Gasteiger partial charge in [-0.3, -0.25) is 9.78 Å². The van der Waals surface area contributed by atoms with Crippen molar-refractivity contribution in [1.29, 1.82) is 0 Å². The molecular formula is C22H25BrN4O6. The lowest BCUT2D eigenvalue weighted by molar-refractivity contribution is 0.0274. The molecule has 0 spiro atoms. The van der Waals surface area contributed by atoms with Gasteiger partial charge in [-0.05, 0) is 34.1 Å². The summed E-state index contributed by atoms with van der Waals surface area (Å²) < 4.78 is 16.2. The summed E-state index contributed by atoms with van der Waals surface area (Å²) in [6.07, 6.45) is 1.97. The van der Waals surface area contributed by atoms with Crippen LogP contribution in [0.2, 0.25) is 0 Å². The molecule has 2 aromatic rings. The second kappa shape index (κ2) is 12.8. The number of carbonyl (C=O) groups is 3. The van der Waals surface area contributed by atoms with Crippen LogP contribution in [0.3, 0.4) is 0 Å². The number of halogens is 1. The molecule has 1 aliphatic rings. The third-order valence-corrected chi connectivity index (χ3v) is 5.11. The number of amides is 3. The highest BCUT2D eigenvalue weighted by atomic mass is 79.9. The fraction of sp³-hybridized carbons (Fsp3) is 0.364. The molecule has 1 fully saturated rings. The number of ether oxygens (including phenoxy) is 3. The van der Waals surface area contributed by atoms with Crippen LogP contribution in [0.1, 0.15) is 10.4 Å². The first-order valence-corrected chi connectivity index (χ1v) is 11.2. The smallest absolute Gasteiger partial charge is 0.409 e. The van der Waals surface area contributed by atoms with E-state index in [4.69, 9.17) is 14.2 Å². The summed E-state index contributed by atoms with van der Waals surface area (Å²) >= 11 is 3.32. The van der Waals surface area contributed by atoms with Crippen LogP contribution in [0.5, 0.6) is 0 Å². The Kier molecular flexibility index (Phi) is 9.45. The molecule has 1 aliphatic heterocycles. The minimum atomic E-state index is -0.665. The first-order chi connectivity index (χ1) is 16.0. The van der Waals surface area contributed by atoms with Crippen molar-refractivity contribution in [2.24, 2.45) is 0 Å². The van der Waals surface area contributed by atoms with Crippen molar-refractivity contribution in [3.8, 4) is 0 Å². The molecule has 0 unspecified atom stereocenters. The number of aromatic nitrogens is 1. The normalized spacial score (nSPS) is 13.2. The molecule has 33 heavy (non-hydrogen) atoms. The van der Waals surface area contributed by atoms with Gasteiger partial charge in [0.05, 0.1) is 31.9 Å². The van der Waals surface area contributed by atoms with Crippen LogP contribution in [0, 0.1) is 0 Å². The molecule has 0 atom stereocenters. The molecule has 3 amide bonds. The van der Waals surface area contributed by atoms with E-state index in [1.807, 2.05) is 18.2 Å². The number of alkyl carbamates (subject to hydrolysis) is 1. The molecule has 3 rings (SSSR count). The summed E-state index contributed by atoms with van der Waals surface area (Å²) in [5, 5.41) is 2.52. The van der Waals surface area contributed by atoms with E-state index < -0.39 is 12.2 Å². The van der Waals surface area contributed by atoms with E-state index in [1.165, 1.54) is 11.1 Å². The Bertz CT molecular complexity index is 939. The number of benzene rings is 1. The van der Waals surface area contributed by atoms with Gasteiger partial charge in [-0.15, -0.1) is 0 Å². The summed E-state index contributed by atoms with van der Waals surface area (Å²) in [4.78, 5) is 44.0. The van der Waals surface area contributed by atoms with Crippen LogP contribution >= 0.6 is 15.9 Å². The van der Waals surface area contributed by atoms with Gasteiger partial charge in [0, 0.05) is 35.6 Å². The van der Waals surface area contributed by atoms with Crippen molar-refractivity contribution in [3.63, 3.8) is 0 Å². The van der Waals surface area contributed by atoms with E-state index >= 15 is 0 Å². The summed E-state index contributed by atoms with van der Waals surface area (Å²) in [5.74, 6) is -0.269. The van der Waals surface area contributed by atoms with Crippen LogP contribution in [-0.2, 0) is 14.2 Å². The zero-order valence-corrected chi connectivity index (χ0v) is 19.5. The van der Waals surface area contributed by atoms with E-state index in [9.17, 15) is 14.4 Å². The minimum absolute atomic E-state index is 0.0236. The average molecular weight is 521 g/mol. The van der Waals surface area contributed by atoms with Crippen LogP contribution < -0.4 is 10.2 Å². The van der Waals surface area contributed by atoms with Crippen molar-refractivity contribution in [2.75, 3.05) is 57.5 Å². The Hall–Kier alpha value is -3.18. The lowest BCUT2D eigenvalue weighted by atomic mass is 10.2. The number of carbonyl (C=O) groups excluding carboxylic acids is 3. The molecule has 0 saturated carbocycles. The molecule has 10 nitrogen and oxygen atoms in total. The Balaban J connectivity index is 1.44. The van der Waals surface area contributed by atoms with E-state index in [0.29, 0.717) is 42.0 Å². The predicted molar refractivity (Wildman–Crippen MR) is 123 cm³/mol. The minimum Gasteiger partial charge on any atom is -0.448 e. The predicted octanol–water partition coefficient (Wildman–Crippen LogP) is 2.69. The SMILES string of the molecule is O=C(NCCOC(=O)N1CCOCC1)OCCN(C(=O)c1cncc(Br)c1)c1ccccc1. The maximum atomic E-state index is 13.0. The maximum absolute atomic E-state index is 13.0. The molecule has 0 aliphatic carbocycles. The Labute approximate surface area is 199 Å². The number of para-hydroxylation sites is 1. The first kappa shape index (κ1) is 24.5. The summed E-state index contributed by atoms with van der Waals surface area (Å²) in [5.41, 5.74) is 1.07. The van der Waals surface area contributed by atoms with Crippen molar-refractivity contribution in [1.82, 2.24) is 15.2 Å². The van der Waals surface area contributed by atoms with Gasteiger partial charge in [0.25, 0.3) is 5.91 Å². The zero-order chi connectivity index (χ0) is 23.5. The number of pyridine rings is 1. The van der Waals surface area contributed by atoms with Gasteiger partial charge in [-0.1, -0.05) is 18.2 Å². The zero-order valence-electron chi connectivity index (χ0n) is 17.9. The lowest BCUT2D eigenvalue weighted by Crippen LogP contribution is -2.42. The topological polar surface area (TPSA) is 110 Å². The highest BCUT2D eigenvalue weighted by Crippen LogP contribution is 2.18. The molecule has 0 bridgehead atoms. The van der Waals surface area contributed by atoms with E-state index in [2.05, 4.69) is 26.2 Å². The quantitative estimate of drug-likeness (QED) is 0.532. The molecule has 1 aromatic carbocycles. The highest BCUT2D eigenvalue weighted by molar-refractivity contribution is 9.10. The third kappa shape index (κ3) is 7.72. The van der Waals surface area contributed by atoms with Crippen molar-refractivity contribution < 1.29 is 28.6 Å². The highest BCUT2D eigenvalue weighted by Gasteiger charge is 2.20. The summed E-state index contributed by atoms with van der Waals surface area (Å²) in [6, 6.07) is 10.8. The Morgan fingerprint density at radius 1 is 1.09 bits per heavy atom. The van der Waals surface area contributed by atoms with Crippen molar-refractivity contribution in [3.05, 3.63) is 58.8 Å². The largest absolute Gasteiger partial charge is 0.448 e. The van der Waals surface area contributed by atoms with Crippen molar-refractivity contribution in [2.45, 2.75) is 0 Å². The van der Waals surface area contributed by atoms with E-state index in [0.717, 1.165) is 0 Å². The number of hydrogen-bond donors (Lipinski definition) is 1. The molecule has 1 N–H and O–H groups in total. The standard InChI is InChI=1S/C22H25BrN4O6/c23-18-14-17(15-24-16-18)20(28)27(19-4-2-1-3-5-19)9-13-32-21(29)25-6-10-33-22(30)26-7-11-31-12-8-26/h1-5,14-16H,6-13H2,(H,25,29). The first-order valence-electron chi connectivity index (χ1n) is 10.4. The average Bonchev–Trinajstić information content (AvgIpc) is 2.85. The summed E-state index contributed by atoms with van der Waals surface area (Å²) in [6.45, 7) is 2.20. The molecule has 1 aromatic heterocycles. The van der Waals surface area contributed by atoms with Gasteiger partial charge in [0.1, 0.15) is 13.2 Å². The van der Waals surface area contributed by atoms with Gasteiger partial charge < -0.3 is 29.3 Å². The fourth-order valence-electron chi connectivity index (χ4n) is 3.05. The maximum Gasteiger partial charge on any atom is 0.409 e. The molecule has 0 radical (unpaired) electrons. The second-order valence-electron chi connectivity index (χ2n) is 6.96. The monoisotopic (exact) mass is 520 g/mol. The van der Waals surface area contributed by atoms with Gasteiger partial charge in [-0.2, -0.15) is 0 Å². The van der Waals surface area contributed by atoms with Crippen LogP contribution in [0.4, 0.5) is 15.3 Å². The molecule has 2 heterocycles. The van der Waals surface area contributed by atoms with Gasteiger partial charge in [-0.25, -0.2) is 9.59 Å². The fourth-order valence-corrected chi connectivity index (χ4v) is 3.41. The number of hydrogen-bond acceptors (Lipinski definition) is 7. The summed E-state index contributed by atoms with van der Waals surface area (Å²) in [7, 11) is 0. The molecule has 1 saturated heterocycles. The van der Waals surface area contributed by atoms with Gasteiger partial charge in [0.2, 0.25) is 0 Å². The molecule has 176 valence electrons.